The summed E-state index contributed by atoms with van der Waals surface area (Å²) in [5.74, 6) is 1.30. The van der Waals surface area contributed by atoms with Crippen LogP contribution >= 0.6 is 0 Å². The van der Waals surface area contributed by atoms with Gasteiger partial charge in [0.2, 0.25) is 5.91 Å². The molecule has 0 aliphatic rings. The zero-order valence-corrected chi connectivity index (χ0v) is 13.0. The minimum Gasteiger partial charge on any atom is -0.493 e. The van der Waals surface area contributed by atoms with Crippen molar-refractivity contribution in [3.05, 3.63) is 29.8 Å². The molecule has 0 atom stereocenters. The number of hydrogen-bond acceptors (Lipinski definition) is 4. The molecule has 5 heteroatoms. The van der Waals surface area contributed by atoms with Crippen molar-refractivity contribution in [3.8, 4) is 11.5 Å². The minimum atomic E-state index is -0.0456. The number of methoxy groups -OCH3 is 1. The van der Waals surface area contributed by atoms with E-state index >= 15 is 0 Å². The summed E-state index contributed by atoms with van der Waals surface area (Å²) in [5, 5.41) is 0. The molecule has 0 aliphatic carbocycles. The van der Waals surface area contributed by atoms with Gasteiger partial charge in [-0.15, -0.1) is 0 Å². The summed E-state index contributed by atoms with van der Waals surface area (Å²) in [7, 11) is 1.59. The van der Waals surface area contributed by atoms with Crippen molar-refractivity contribution >= 4 is 12.0 Å². The van der Waals surface area contributed by atoms with E-state index < -0.39 is 0 Å². The van der Waals surface area contributed by atoms with Crippen LogP contribution in [-0.2, 0) is 4.79 Å². The fraction of sp³-hybridized carbons (Fsp3) is 0.438. The second-order valence-electron chi connectivity index (χ2n) is 4.38. The first-order valence-corrected chi connectivity index (χ1v) is 7.14. The summed E-state index contributed by atoms with van der Waals surface area (Å²) in [4.78, 5) is 13.7. The zero-order valence-electron chi connectivity index (χ0n) is 13.0. The maximum absolute atomic E-state index is 12.0. The number of likely N-dealkylation sites (N-methyl/N-ethyl adjacent to an activating group) is 1. The second kappa shape index (κ2) is 9.02. The summed E-state index contributed by atoms with van der Waals surface area (Å²) in [6, 6.07) is 5.56. The van der Waals surface area contributed by atoms with Gasteiger partial charge in [0.15, 0.2) is 11.5 Å². The van der Waals surface area contributed by atoms with E-state index in [9.17, 15) is 4.79 Å². The summed E-state index contributed by atoms with van der Waals surface area (Å²) < 4.78 is 10.7. The SMILES string of the molecule is CCOc1ccc(/C=C/C(=O)N(CC)CCN)cc1OC. The maximum Gasteiger partial charge on any atom is 0.246 e. The molecule has 0 aliphatic heterocycles. The van der Waals surface area contributed by atoms with Crippen molar-refractivity contribution in [3.63, 3.8) is 0 Å². The Hall–Kier alpha value is -2.01. The largest absolute Gasteiger partial charge is 0.493 e. The van der Waals surface area contributed by atoms with Gasteiger partial charge in [0.1, 0.15) is 0 Å². The van der Waals surface area contributed by atoms with E-state index in [1.807, 2.05) is 32.0 Å². The van der Waals surface area contributed by atoms with Gasteiger partial charge in [-0.05, 0) is 37.6 Å². The predicted molar refractivity (Wildman–Crippen MR) is 84.5 cm³/mol. The van der Waals surface area contributed by atoms with Gasteiger partial charge in [0.05, 0.1) is 13.7 Å². The summed E-state index contributed by atoms with van der Waals surface area (Å²) in [6.45, 7) is 6.10. The van der Waals surface area contributed by atoms with E-state index in [4.69, 9.17) is 15.2 Å². The van der Waals surface area contributed by atoms with Crippen LogP contribution in [0.3, 0.4) is 0 Å². The molecule has 1 rings (SSSR count). The molecule has 21 heavy (non-hydrogen) atoms. The Labute approximate surface area is 126 Å². The molecule has 1 aromatic carbocycles. The van der Waals surface area contributed by atoms with Crippen molar-refractivity contribution in [2.24, 2.45) is 5.73 Å². The van der Waals surface area contributed by atoms with Crippen molar-refractivity contribution < 1.29 is 14.3 Å². The number of amides is 1. The quantitative estimate of drug-likeness (QED) is 0.743. The van der Waals surface area contributed by atoms with Crippen molar-refractivity contribution in [2.75, 3.05) is 33.4 Å². The lowest BCUT2D eigenvalue weighted by Gasteiger charge is -2.17. The molecule has 0 unspecified atom stereocenters. The molecule has 1 aromatic rings. The van der Waals surface area contributed by atoms with Gasteiger partial charge in [-0.3, -0.25) is 4.79 Å². The molecule has 116 valence electrons. The molecule has 0 saturated heterocycles. The highest BCUT2D eigenvalue weighted by Crippen LogP contribution is 2.28. The first-order valence-electron chi connectivity index (χ1n) is 7.14. The highest BCUT2D eigenvalue weighted by molar-refractivity contribution is 5.91. The van der Waals surface area contributed by atoms with Gasteiger partial charge < -0.3 is 20.1 Å². The first kappa shape index (κ1) is 17.0. The monoisotopic (exact) mass is 292 g/mol. The lowest BCUT2D eigenvalue weighted by Crippen LogP contribution is -2.33. The molecule has 0 radical (unpaired) electrons. The fourth-order valence-corrected chi connectivity index (χ4v) is 1.92. The Balaban J connectivity index is 2.82. The molecule has 5 nitrogen and oxygen atoms in total. The van der Waals surface area contributed by atoms with Gasteiger partial charge in [0.25, 0.3) is 0 Å². The fourth-order valence-electron chi connectivity index (χ4n) is 1.92. The number of hydrogen-bond donors (Lipinski definition) is 1. The smallest absolute Gasteiger partial charge is 0.246 e. The predicted octanol–water partition coefficient (Wildman–Crippen LogP) is 1.91. The standard InChI is InChI=1S/C16H24N2O3/c1-4-18(11-10-17)16(19)9-7-13-6-8-14(21-5-2)15(12-13)20-3/h6-9,12H,4-5,10-11,17H2,1-3H3/b9-7+. The first-order chi connectivity index (χ1) is 10.2. The van der Waals surface area contributed by atoms with Gasteiger partial charge >= 0.3 is 0 Å². The van der Waals surface area contributed by atoms with Gasteiger partial charge in [0, 0.05) is 25.7 Å². The molecule has 1 amide bonds. The summed E-state index contributed by atoms with van der Waals surface area (Å²) in [6.07, 6.45) is 3.31. The number of nitrogens with zero attached hydrogens (tertiary/aromatic N) is 1. The number of carbonyl (C=O) groups is 1. The van der Waals surface area contributed by atoms with E-state index in [0.717, 1.165) is 5.56 Å². The third-order valence-electron chi connectivity index (χ3n) is 3.00. The molecule has 0 heterocycles. The minimum absolute atomic E-state index is 0.0456. The van der Waals surface area contributed by atoms with Crippen molar-refractivity contribution in [1.29, 1.82) is 0 Å². The van der Waals surface area contributed by atoms with Crippen LogP contribution in [0.1, 0.15) is 19.4 Å². The van der Waals surface area contributed by atoms with Crippen LogP contribution in [0.25, 0.3) is 6.08 Å². The summed E-state index contributed by atoms with van der Waals surface area (Å²) >= 11 is 0. The van der Waals surface area contributed by atoms with Crippen LogP contribution in [0.5, 0.6) is 11.5 Å². The van der Waals surface area contributed by atoms with E-state index in [2.05, 4.69) is 0 Å². The van der Waals surface area contributed by atoms with E-state index in [-0.39, 0.29) is 5.91 Å². The lowest BCUT2D eigenvalue weighted by atomic mass is 10.2. The number of nitrogens with two attached hydrogens (primary N) is 1. The highest BCUT2D eigenvalue weighted by Gasteiger charge is 2.07. The average Bonchev–Trinajstić information content (AvgIpc) is 2.51. The maximum atomic E-state index is 12.0. The number of benzene rings is 1. The van der Waals surface area contributed by atoms with Crippen LogP contribution in [0, 0.1) is 0 Å². The van der Waals surface area contributed by atoms with Crippen LogP contribution in [0.4, 0.5) is 0 Å². The third-order valence-corrected chi connectivity index (χ3v) is 3.00. The summed E-state index contributed by atoms with van der Waals surface area (Å²) in [5.41, 5.74) is 6.37. The molecule has 0 bridgehead atoms. The molecule has 0 saturated carbocycles. The number of rotatable bonds is 8. The molecular weight excluding hydrogens is 268 g/mol. The van der Waals surface area contributed by atoms with Gasteiger partial charge in [-0.2, -0.15) is 0 Å². The van der Waals surface area contributed by atoms with Crippen LogP contribution < -0.4 is 15.2 Å². The number of carbonyl (C=O) groups excluding carboxylic acids is 1. The normalized spacial score (nSPS) is 10.7. The molecule has 0 spiro atoms. The Morgan fingerprint density at radius 2 is 2.10 bits per heavy atom. The molecular formula is C16H24N2O3. The van der Waals surface area contributed by atoms with E-state index in [1.54, 1.807) is 24.2 Å². The van der Waals surface area contributed by atoms with Crippen LogP contribution in [-0.4, -0.2) is 44.2 Å². The van der Waals surface area contributed by atoms with Crippen LogP contribution in [0.15, 0.2) is 24.3 Å². The topological polar surface area (TPSA) is 64.8 Å². The van der Waals surface area contributed by atoms with Crippen molar-refractivity contribution in [2.45, 2.75) is 13.8 Å². The van der Waals surface area contributed by atoms with Crippen LogP contribution in [0.2, 0.25) is 0 Å². The number of ether oxygens (including phenoxy) is 2. The average molecular weight is 292 g/mol. The Morgan fingerprint density at radius 3 is 2.67 bits per heavy atom. The highest BCUT2D eigenvalue weighted by atomic mass is 16.5. The third kappa shape index (κ3) is 5.11. The second-order valence-corrected chi connectivity index (χ2v) is 4.38. The van der Waals surface area contributed by atoms with E-state index in [0.29, 0.717) is 37.7 Å². The van der Waals surface area contributed by atoms with Gasteiger partial charge in [-0.1, -0.05) is 6.07 Å². The Kier molecular flexibility index (Phi) is 7.32. The Bertz CT molecular complexity index is 486. The van der Waals surface area contributed by atoms with Gasteiger partial charge in [-0.25, -0.2) is 0 Å². The molecule has 2 N–H and O–H groups in total. The zero-order chi connectivity index (χ0) is 15.7. The lowest BCUT2D eigenvalue weighted by molar-refractivity contribution is -0.125. The van der Waals surface area contributed by atoms with Crippen molar-refractivity contribution in [1.82, 2.24) is 4.90 Å². The molecule has 0 aromatic heterocycles. The Morgan fingerprint density at radius 1 is 1.33 bits per heavy atom. The van der Waals surface area contributed by atoms with E-state index in [1.165, 1.54) is 0 Å². The molecule has 0 fully saturated rings.